The maximum Gasteiger partial charge on any atom is 0.264 e. The van der Waals surface area contributed by atoms with Crippen molar-refractivity contribution in [1.29, 1.82) is 0 Å². The molecule has 1 spiro atoms. The van der Waals surface area contributed by atoms with Crippen molar-refractivity contribution in [3.05, 3.63) is 78.6 Å². The second-order valence-corrected chi connectivity index (χ2v) is 9.33. The first-order valence-electron chi connectivity index (χ1n) is 12.1. The van der Waals surface area contributed by atoms with Crippen molar-refractivity contribution >= 4 is 17.5 Å². The predicted molar refractivity (Wildman–Crippen MR) is 131 cm³/mol. The Morgan fingerprint density at radius 3 is 1.97 bits per heavy atom. The molecular weight excluding hydrogens is 426 g/mol. The highest BCUT2D eigenvalue weighted by Gasteiger charge is 2.54. The van der Waals surface area contributed by atoms with Crippen LogP contribution in [0.5, 0.6) is 5.75 Å². The number of nitrogens with zero attached hydrogens (tertiary/aromatic N) is 5. The third-order valence-electron chi connectivity index (χ3n) is 7.59. The van der Waals surface area contributed by atoms with Gasteiger partial charge in [-0.05, 0) is 43.2 Å². The fourth-order valence-electron chi connectivity index (χ4n) is 5.72. The van der Waals surface area contributed by atoms with E-state index < -0.39 is 6.10 Å². The number of hydrogen-bond acceptors (Lipinski definition) is 6. The van der Waals surface area contributed by atoms with Crippen LogP contribution >= 0.6 is 0 Å². The lowest BCUT2D eigenvalue weighted by atomic mass is 9.69. The largest absolute Gasteiger partial charge is 0.479 e. The Morgan fingerprint density at radius 2 is 1.35 bits per heavy atom. The molecule has 2 aromatic heterocycles. The van der Waals surface area contributed by atoms with Crippen molar-refractivity contribution in [2.45, 2.75) is 24.4 Å². The number of para-hydroxylation sites is 1. The van der Waals surface area contributed by atoms with E-state index in [1.807, 2.05) is 59.8 Å². The quantitative estimate of drug-likeness (QED) is 0.605. The zero-order valence-electron chi connectivity index (χ0n) is 19.2. The highest BCUT2D eigenvalue weighted by Crippen LogP contribution is 2.50. The summed E-state index contributed by atoms with van der Waals surface area (Å²) >= 11 is 0. The number of rotatable bonds is 3. The number of anilines is 2. The molecule has 2 saturated heterocycles. The van der Waals surface area contributed by atoms with Crippen LogP contribution in [0.3, 0.4) is 0 Å². The molecule has 174 valence electrons. The minimum Gasteiger partial charge on any atom is -0.479 e. The van der Waals surface area contributed by atoms with Crippen LogP contribution in [-0.2, 0) is 10.2 Å². The van der Waals surface area contributed by atoms with E-state index in [4.69, 9.17) is 4.74 Å². The van der Waals surface area contributed by atoms with Gasteiger partial charge in [0.1, 0.15) is 17.4 Å². The molecule has 0 aliphatic carbocycles. The summed E-state index contributed by atoms with van der Waals surface area (Å²) in [6.07, 6.45) is 4.91. The van der Waals surface area contributed by atoms with Gasteiger partial charge in [-0.1, -0.05) is 30.3 Å². The van der Waals surface area contributed by atoms with Crippen molar-refractivity contribution in [2.75, 3.05) is 49.1 Å². The molecule has 3 aromatic rings. The average Bonchev–Trinajstić information content (AvgIpc) is 3.23. The fourth-order valence-corrected chi connectivity index (χ4v) is 5.72. The summed E-state index contributed by atoms with van der Waals surface area (Å²) in [5.41, 5.74) is 0.887. The van der Waals surface area contributed by atoms with Gasteiger partial charge in [-0.3, -0.25) is 4.79 Å². The number of amides is 1. The van der Waals surface area contributed by atoms with Crippen LogP contribution in [0.2, 0.25) is 0 Å². The Bertz CT molecular complexity index is 1140. The SMILES string of the molecule is O=C(C1Oc2ccccc2C12CCN(c1ccccn1)CC2)N1CCN(c2ccccn2)CC1. The molecule has 6 rings (SSSR count). The zero-order chi connectivity index (χ0) is 23.0. The second-order valence-electron chi connectivity index (χ2n) is 9.33. The molecular formula is C27H29N5O2. The third-order valence-corrected chi connectivity index (χ3v) is 7.59. The smallest absolute Gasteiger partial charge is 0.264 e. The van der Waals surface area contributed by atoms with Gasteiger partial charge in [-0.15, -0.1) is 0 Å². The Morgan fingerprint density at radius 1 is 0.765 bits per heavy atom. The van der Waals surface area contributed by atoms with Gasteiger partial charge in [0.2, 0.25) is 0 Å². The van der Waals surface area contributed by atoms with Crippen molar-refractivity contribution in [3.63, 3.8) is 0 Å². The summed E-state index contributed by atoms with van der Waals surface area (Å²) in [4.78, 5) is 29.4. The number of carbonyl (C=O) groups is 1. The van der Waals surface area contributed by atoms with Crippen LogP contribution in [0, 0.1) is 0 Å². The lowest BCUT2D eigenvalue weighted by molar-refractivity contribution is -0.141. The second kappa shape index (κ2) is 8.63. The van der Waals surface area contributed by atoms with E-state index in [0.717, 1.165) is 56.4 Å². The van der Waals surface area contributed by atoms with Gasteiger partial charge in [0.25, 0.3) is 5.91 Å². The fraction of sp³-hybridized carbons (Fsp3) is 0.370. The van der Waals surface area contributed by atoms with Gasteiger partial charge >= 0.3 is 0 Å². The number of pyridine rings is 2. The number of hydrogen-bond donors (Lipinski definition) is 0. The van der Waals surface area contributed by atoms with Crippen LogP contribution in [0.1, 0.15) is 18.4 Å². The molecule has 0 saturated carbocycles. The zero-order valence-corrected chi connectivity index (χ0v) is 19.2. The van der Waals surface area contributed by atoms with Crippen molar-refractivity contribution in [3.8, 4) is 5.75 Å². The first-order chi connectivity index (χ1) is 16.7. The van der Waals surface area contributed by atoms with Crippen molar-refractivity contribution in [1.82, 2.24) is 14.9 Å². The molecule has 1 atom stereocenters. The van der Waals surface area contributed by atoms with Crippen LogP contribution in [-0.4, -0.2) is 66.1 Å². The first-order valence-corrected chi connectivity index (χ1v) is 12.1. The Hall–Kier alpha value is -3.61. The number of carbonyl (C=O) groups excluding carboxylic acids is 1. The van der Waals surface area contributed by atoms with Gasteiger partial charge in [0, 0.05) is 62.6 Å². The molecule has 7 nitrogen and oxygen atoms in total. The summed E-state index contributed by atoms with van der Waals surface area (Å²) < 4.78 is 6.42. The van der Waals surface area contributed by atoms with E-state index in [9.17, 15) is 4.79 Å². The molecule has 0 bridgehead atoms. The maximum atomic E-state index is 13.9. The van der Waals surface area contributed by atoms with Crippen LogP contribution in [0.25, 0.3) is 0 Å². The maximum absolute atomic E-state index is 13.9. The van der Waals surface area contributed by atoms with Crippen molar-refractivity contribution < 1.29 is 9.53 Å². The average molecular weight is 456 g/mol. The molecule has 1 aromatic carbocycles. The summed E-state index contributed by atoms with van der Waals surface area (Å²) in [6, 6.07) is 20.2. The Balaban J connectivity index is 1.21. The third kappa shape index (κ3) is 3.56. The molecule has 5 heterocycles. The number of ether oxygens (including phenoxy) is 1. The normalized spacial score (nSPS) is 21.3. The van der Waals surface area contributed by atoms with Crippen LogP contribution in [0.15, 0.2) is 73.1 Å². The van der Waals surface area contributed by atoms with Gasteiger partial charge in [-0.25, -0.2) is 9.97 Å². The number of piperidine rings is 1. The molecule has 0 N–H and O–H groups in total. The van der Waals surface area contributed by atoms with E-state index in [-0.39, 0.29) is 11.3 Å². The number of piperazine rings is 1. The molecule has 34 heavy (non-hydrogen) atoms. The van der Waals surface area contributed by atoms with Crippen molar-refractivity contribution in [2.24, 2.45) is 0 Å². The molecule has 7 heteroatoms. The van der Waals surface area contributed by atoms with Crippen LogP contribution in [0.4, 0.5) is 11.6 Å². The van der Waals surface area contributed by atoms with Gasteiger partial charge in [0.05, 0.1) is 0 Å². The molecule has 1 amide bonds. The van der Waals surface area contributed by atoms with E-state index in [1.165, 1.54) is 5.56 Å². The monoisotopic (exact) mass is 455 g/mol. The van der Waals surface area contributed by atoms with Crippen LogP contribution < -0.4 is 14.5 Å². The van der Waals surface area contributed by atoms with Gasteiger partial charge in [0.15, 0.2) is 6.10 Å². The minimum absolute atomic E-state index is 0.114. The molecule has 0 radical (unpaired) electrons. The Kier molecular flexibility index (Phi) is 5.32. The number of fused-ring (bicyclic) bond motifs is 2. The molecule has 3 aliphatic rings. The summed E-state index contributed by atoms with van der Waals surface area (Å²) in [6.45, 7) is 4.63. The summed E-state index contributed by atoms with van der Waals surface area (Å²) in [5.74, 6) is 2.94. The highest BCUT2D eigenvalue weighted by atomic mass is 16.5. The molecule has 1 unspecified atom stereocenters. The topological polar surface area (TPSA) is 61.8 Å². The predicted octanol–water partition coefficient (Wildman–Crippen LogP) is 3.12. The lowest BCUT2D eigenvalue weighted by Gasteiger charge is -2.44. The Labute approximate surface area is 200 Å². The lowest BCUT2D eigenvalue weighted by Crippen LogP contribution is -2.58. The minimum atomic E-state index is -0.475. The van der Waals surface area contributed by atoms with E-state index in [1.54, 1.807) is 0 Å². The standard InChI is InChI=1S/C27H29N5O2/c33-26(32-19-17-31(18-20-32)24-10-4-6-14-29-24)25-27(21-7-1-2-8-22(21)34-25)11-15-30(16-12-27)23-9-3-5-13-28-23/h1-10,13-14,25H,11-12,15-20H2. The van der Waals surface area contributed by atoms with E-state index in [0.29, 0.717) is 13.1 Å². The van der Waals surface area contributed by atoms with Gasteiger partial charge < -0.3 is 19.4 Å². The summed E-state index contributed by atoms with van der Waals surface area (Å²) in [7, 11) is 0. The number of benzene rings is 1. The summed E-state index contributed by atoms with van der Waals surface area (Å²) in [5, 5.41) is 0. The van der Waals surface area contributed by atoms with Gasteiger partial charge in [-0.2, -0.15) is 0 Å². The first kappa shape index (κ1) is 21.0. The van der Waals surface area contributed by atoms with E-state index in [2.05, 4.69) is 38.0 Å². The number of aromatic nitrogens is 2. The van der Waals surface area contributed by atoms with E-state index >= 15 is 0 Å². The molecule has 3 aliphatic heterocycles. The molecule has 2 fully saturated rings. The highest BCUT2D eigenvalue weighted by molar-refractivity contribution is 5.85.